The molecule has 1 aliphatic rings. The minimum absolute atomic E-state index is 0.0270. The molecule has 2 aromatic rings. The number of halogens is 1. The third-order valence-electron chi connectivity index (χ3n) is 5.76. The summed E-state index contributed by atoms with van der Waals surface area (Å²) < 4.78 is 0. The van der Waals surface area contributed by atoms with Crippen LogP contribution in [0.25, 0.3) is 0 Å². The number of hydrogen-bond donors (Lipinski definition) is 2. The van der Waals surface area contributed by atoms with E-state index >= 15 is 0 Å². The Balaban J connectivity index is 1.61. The number of anilines is 2. The zero-order valence-electron chi connectivity index (χ0n) is 19.2. The molecule has 3 rings (SSSR count). The number of carbonyl (C=O) groups excluding carboxylic acids is 3. The molecule has 2 N–H and O–H groups in total. The largest absolute Gasteiger partial charge is 0.375 e. The normalized spacial score (nSPS) is 13.4. The summed E-state index contributed by atoms with van der Waals surface area (Å²) in [7, 11) is 0. The molecule has 1 saturated heterocycles. The van der Waals surface area contributed by atoms with E-state index in [0.717, 1.165) is 32.4 Å². The van der Waals surface area contributed by atoms with Gasteiger partial charge in [0, 0.05) is 48.1 Å². The lowest BCUT2D eigenvalue weighted by Crippen LogP contribution is -2.36. The van der Waals surface area contributed by atoms with E-state index < -0.39 is 0 Å². The molecule has 0 spiro atoms. The number of benzene rings is 2. The Kier molecular flexibility index (Phi) is 8.72. The molecule has 0 saturated carbocycles. The van der Waals surface area contributed by atoms with Crippen molar-refractivity contribution in [1.82, 2.24) is 9.80 Å². The summed E-state index contributed by atoms with van der Waals surface area (Å²) in [4.78, 5) is 41.5. The minimum Gasteiger partial charge on any atom is -0.375 e. The lowest BCUT2D eigenvalue weighted by atomic mass is 10.1. The average molecular weight is 471 g/mol. The first-order valence-electron chi connectivity index (χ1n) is 11.4. The van der Waals surface area contributed by atoms with Gasteiger partial charge in [0.05, 0.1) is 12.1 Å². The second-order valence-electron chi connectivity index (χ2n) is 8.00. The number of carbonyl (C=O) groups is 3. The number of hydrogen-bond acceptors (Lipinski definition) is 4. The molecular formula is C25H31ClN4O3. The van der Waals surface area contributed by atoms with Gasteiger partial charge in [0.1, 0.15) is 0 Å². The van der Waals surface area contributed by atoms with Crippen LogP contribution in [0.5, 0.6) is 0 Å². The smallest absolute Gasteiger partial charge is 0.255 e. The summed E-state index contributed by atoms with van der Waals surface area (Å²) >= 11 is 6.14. The SMILES string of the molecule is CCN(CC)C(=O)c1ccc(NC(=O)CNc2cc(Cl)ccc2C(=O)N2CCCCC2)cc1. The van der Waals surface area contributed by atoms with Gasteiger partial charge >= 0.3 is 0 Å². The van der Waals surface area contributed by atoms with Crippen LogP contribution in [0.4, 0.5) is 11.4 Å². The standard InChI is InChI=1S/C25H31ClN4O3/c1-3-29(4-2)24(32)18-8-11-20(12-9-18)28-23(31)17-27-22-16-19(26)10-13-21(22)25(33)30-14-6-5-7-15-30/h8-13,16,27H,3-7,14-15,17H2,1-2H3,(H,28,31). The fourth-order valence-corrected chi connectivity index (χ4v) is 4.06. The lowest BCUT2D eigenvalue weighted by molar-refractivity contribution is -0.114. The van der Waals surface area contributed by atoms with Crippen LogP contribution in [-0.2, 0) is 4.79 Å². The Morgan fingerprint density at radius 3 is 2.27 bits per heavy atom. The molecule has 2 aromatic carbocycles. The van der Waals surface area contributed by atoms with Gasteiger partial charge in [-0.25, -0.2) is 0 Å². The van der Waals surface area contributed by atoms with Gasteiger partial charge in [0.2, 0.25) is 5.91 Å². The van der Waals surface area contributed by atoms with Crippen LogP contribution >= 0.6 is 11.6 Å². The number of piperidine rings is 1. The van der Waals surface area contributed by atoms with Crippen LogP contribution in [0.2, 0.25) is 5.02 Å². The third-order valence-corrected chi connectivity index (χ3v) is 6.00. The number of amides is 3. The average Bonchev–Trinajstić information content (AvgIpc) is 2.84. The summed E-state index contributed by atoms with van der Waals surface area (Å²) in [5.74, 6) is -0.358. The fourth-order valence-electron chi connectivity index (χ4n) is 3.89. The van der Waals surface area contributed by atoms with Crippen molar-refractivity contribution in [2.45, 2.75) is 33.1 Å². The molecule has 176 valence electrons. The molecule has 0 aliphatic carbocycles. The number of rotatable bonds is 8. The summed E-state index contributed by atoms with van der Waals surface area (Å²) in [5.41, 5.74) is 2.21. The van der Waals surface area contributed by atoms with Crippen molar-refractivity contribution in [2.24, 2.45) is 0 Å². The summed E-state index contributed by atoms with van der Waals surface area (Å²) in [6.07, 6.45) is 3.15. The molecule has 33 heavy (non-hydrogen) atoms. The van der Waals surface area contributed by atoms with Crippen LogP contribution in [0.1, 0.15) is 53.8 Å². The highest BCUT2D eigenvalue weighted by Crippen LogP contribution is 2.24. The van der Waals surface area contributed by atoms with Gasteiger partial charge in [-0.05, 0) is 75.6 Å². The van der Waals surface area contributed by atoms with E-state index in [4.69, 9.17) is 11.6 Å². The van der Waals surface area contributed by atoms with Crippen LogP contribution in [-0.4, -0.2) is 60.2 Å². The van der Waals surface area contributed by atoms with Crippen LogP contribution in [0.3, 0.4) is 0 Å². The van der Waals surface area contributed by atoms with Crippen molar-refractivity contribution in [3.8, 4) is 0 Å². The Hall–Kier alpha value is -3.06. The lowest BCUT2D eigenvalue weighted by Gasteiger charge is -2.27. The van der Waals surface area contributed by atoms with E-state index in [1.807, 2.05) is 18.7 Å². The second-order valence-corrected chi connectivity index (χ2v) is 8.44. The van der Waals surface area contributed by atoms with Crippen LogP contribution < -0.4 is 10.6 Å². The highest BCUT2D eigenvalue weighted by atomic mass is 35.5. The van der Waals surface area contributed by atoms with Crippen molar-refractivity contribution in [2.75, 3.05) is 43.4 Å². The van der Waals surface area contributed by atoms with E-state index in [-0.39, 0.29) is 24.3 Å². The molecule has 1 fully saturated rings. The fraction of sp³-hybridized carbons (Fsp3) is 0.400. The first-order valence-corrected chi connectivity index (χ1v) is 11.8. The van der Waals surface area contributed by atoms with Crippen LogP contribution in [0.15, 0.2) is 42.5 Å². The molecule has 0 aromatic heterocycles. The predicted octanol–water partition coefficient (Wildman–Crippen LogP) is 4.50. The monoisotopic (exact) mass is 470 g/mol. The van der Waals surface area contributed by atoms with Gasteiger partial charge in [0.15, 0.2) is 0 Å². The molecule has 3 amide bonds. The predicted molar refractivity (Wildman–Crippen MR) is 132 cm³/mol. The van der Waals surface area contributed by atoms with E-state index in [0.29, 0.717) is 40.6 Å². The maximum absolute atomic E-state index is 13.0. The third kappa shape index (κ3) is 6.48. The maximum Gasteiger partial charge on any atom is 0.255 e. The van der Waals surface area contributed by atoms with E-state index in [2.05, 4.69) is 10.6 Å². The van der Waals surface area contributed by atoms with Gasteiger partial charge in [-0.1, -0.05) is 11.6 Å². The Bertz CT molecular complexity index is 984. The Morgan fingerprint density at radius 1 is 0.970 bits per heavy atom. The van der Waals surface area contributed by atoms with Gasteiger partial charge in [-0.15, -0.1) is 0 Å². The van der Waals surface area contributed by atoms with Gasteiger partial charge in [-0.3, -0.25) is 14.4 Å². The number of nitrogens with one attached hydrogen (secondary N) is 2. The summed E-state index contributed by atoms with van der Waals surface area (Å²) in [6.45, 7) is 6.63. The first-order chi connectivity index (χ1) is 15.9. The molecular weight excluding hydrogens is 440 g/mol. The molecule has 7 nitrogen and oxygen atoms in total. The van der Waals surface area contributed by atoms with Crippen molar-refractivity contribution in [3.63, 3.8) is 0 Å². The van der Waals surface area contributed by atoms with Crippen molar-refractivity contribution in [3.05, 3.63) is 58.6 Å². The van der Waals surface area contributed by atoms with Gasteiger partial charge in [-0.2, -0.15) is 0 Å². The van der Waals surface area contributed by atoms with Crippen LogP contribution in [0, 0.1) is 0 Å². The molecule has 0 atom stereocenters. The molecule has 1 heterocycles. The summed E-state index contributed by atoms with van der Waals surface area (Å²) in [5, 5.41) is 6.34. The van der Waals surface area contributed by atoms with Crippen molar-refractivity contribution < 1.29 is 14.4 Å². The van der Waals surface area contributed by atoms with E-state index in [1.54, 1.807) is 47.4 Å². The summed E-state index contributed by atoms with van der Waals surface area (Å²) in [6, 6.07) is 11.9. The zero-order chi connectivity index (χ0) is 23.8. The van der Waals surface area contributed by atoms with Gasteiger partial charge < -0.3 is 20.4 Å². The first kappa shape index (κ1) is 24.6. The van der Waals surface area contributed by atoms with Crippen molar-refractivity contribution >= 4 is 40.7 Å². The van der Waals surface area contributed by atoms with E-state index in [9.17, 15) is 14.4 Å². The number of likely N-dealkylation sites (tertiary alicyclic amines) is 1. The molecule has 0 unspecified atom stereocenters. The number of nitrogens with zero attached hydrogens (tertiary/aromatic N) is 2. The Labute approximate surface area is 200 Å². The topological polar surface area (TPSA) is 81.8 Å². The highest BCUT2D eigenvalue weighted by Gasteiger charge is 2.21. The highest BCUT2D eigenvalue weighted by molar-refractivity contribution is 6.31. The van der Waals surface area contributed by atoms with Gasteiger partial charge in [0.25, 0.3) is 11.8 Å². The van der Waals surface area contributed by atoms with E-state index in [1.165, 1.54) is 0 Å². The van der Waals surface area contributed by atoms with Crippen molar-refractivity contribution in [1.29, 1.82) is 0 Å². The Morgan fingerprint density at radius 2 is 1.64 bits per heavy atom. The molecule has 0 radical (unpaired) electrons. The second kappa shape index (κ2) is 11.7. The molecule has 1 aliphatic heterocycles. The molecule has 8 heteroatoms. The molecule has 0 bridgehead atoms. The zero-order valence-corrected chi connectivity index (χ0v) is 20.0. The quantitative estimate of drug-likeness (QED) is 0.595. The maximum atomic E-state index is 13.0. The minimum atomic E-state index is -0.269.